The lowest BCUT2D eigenvalue weighted by molar-refractivity contribution is -0.118. The number of nitrogens with zero attached hydrogens (tertiary/aromatic N) is 1. The van der Waals surface area contributed by atoms with Crippen LogP contribution in [0.3, 0.4) is 0 Å². The lowest BCUT2D eigenvalue weighted by Gasteiger charge is -2.23. The number of carbonyl (C=O) groups excluding carboxylic acids is 1. The summed E-state index contributed by atoms with van der Waals surface area (Å²) >= 11 is 5.82. The van der Waals surface area contributed by atoms with Gasteiger partial charge in [-0.05, 0) is 38.5 Å². The van der Waals surface area contributed by atoms with E-state index in [0.717, 1.165) is 0 Å². The second kappa shape index (κ2) is 7.64. The van der Waals surface area contributed by atoms with E-state index < -0.39 is 11.7 Å². The number of carbonyl (C=O) groups is 1. The molecule has 0 aliphatic rings. The Morgan fingerprint density at radius 3 is 2.58 bits per heavy atom. The van der Waals surface area contributed by atoms with E-state index in [2.05, 4.69) is 10.3 Å². The molecule has 1 amide bonds. The van der Waals surface area contributed by atoms with Crippen molar-refractivity contribution in [2.45, 2.75) is 38.9 Å². The first-order valence-electron chi connectivity index (χ1n) is 7.61. The average Bonchev–Trinajstić information content (AvgIpc) is 2.48. The van der Waals surface area contributed by atoms with Crippen molar-refractivity contribution in [3.05, 3.63) is 53.3 Å². The Hall–Kier alpha value is -2.11. The highest BCUT2D eigenvalue weighted by Gasteiger charge is 2.18. The van der Waals surface area contributed by atoms with Gasteiger partial charge in [0.15, 0.2) is 0 Å². The van der Waals surface area contributed by atoms with Crippen LogP contribution in [0.5, 0.6) is 5.75 Å². The van der Waals surface area contributed by atoms with Crippen LogP contribution < -0.4 is 10.1 Å². The molecule has 0 aliphatic heterocycles. The third-order valence-electron chi connectivity index (χ3n) is 3.10. The van der Waals surface area contributed by atoms with Crippen molar-refractivity contribution in [1.82, 2.24) is 4.98 Å². The molecule has 2 N–H and O–H groups in total. The number of aliphatic hydroxyl groups is 1. The fourth-order valence-corrected chi connectivity index (χ4v) is 2.20. The molecule has 1 unspecified atom stereocenters. The zero-order valence-corrected chi connectivity index (χ0v) is 14.7. The molecule has 2 aromatic rings. The number of halogens is 1. The predicted octanol–water partition coefficient (Wildman–Crippen LogP) is 3.97. The summed E-state index contributed by atoms with van der Waals surface area (Å²) in [5.74, 6) is 0.205. The van der Waals surface area contributed by atoms with Crippen LogP contribution in [0.25, 0.3) is 0 Å². The van der Waals surface area contributed by atoms with Gasteiger partial charge in [0.1, 0.15) is 17.0 Å². The van der Waals surface area contributed by atoms with E-state index in [-0.39, 0.29) is 12.3 Å². The number of ether oxygens (including phenoxy) is 1. The molecule has 0 fully saturated rings. The Morgan fingerprint density at radius 2 is 1.96 bits per heavy atom. The van der Waals surface area contributed by atoms with E-state index >= 15 is 0 Å². The number of amides is 1. The first-order valence-corrected chi connectivity index (χ1v) is 7.99. The Labute approximate surface area is 146 Å². The number of pyridine rings is 1. The summed E-state index contributed by atoms with van der Waals surface area (Å²) in [4.78, 5) is 16.2. The van der Waals surface area contributed by atoms with Crippen LogP contribution in [0.1, 0.15) is 38.9 Å². The molecule has 1 aromatic carbocycles. The highest BCUT2D eigenvalue weighted by atomic mass is 35.5. The van der Waals surface area contributed by atoms with E-state index in [1.54, 1.807) is 36.5 Å². The number of hydrogen-bond donors (Lipinski definition) is 2. The average molecular weight is 349 g/mol. The first kappa shape index (κ1) is 18.2. The lowest BCUT2D eigenvalue weighted by atomic mass is 10.1. The van der Waals surface area contributed by atoms with Gasteiger partial charge in [-0.2, -0.15) is 0 Å². The molecule has 1 atom stereocenters. The maximum Gasteiger partial charge on any atom is 0.227 e. The zero-order valence-electron chi connectivity index (χ0n) is 13.9. The minimum Gasteiger partial charge on any atom is -0.486 e. The minimum atomic E-state index is -0.911. The van der Waals surface area contributed by atoms with Gasteiger partial charge in [-0.15, -0.1) is 0 Å². The Bertz CT molecular complexity index is 696. The van der Waals surface area contributed by atoms with Crippen molar-refractivity contribution in [2.75, 3.05) is 5.32 Å². The minimum absolute atomic E-state index is 0.0779. The summed E-state index contributed by atoms with van der Waals surface area (Å²) in [5, 5.41) is 13.5. The first-order chi connectivity index (χ1) is 11.2. The zero-order chi connectivity index (χ0) is 17.7. The molecular weight excluding hydrogens is 328 g/mol. The second-order valence-electron chi connectivity index (χ2n) is 6.41. The molecule has 1 aromatic heterocycles. The van der Waals surface area contributed by atoms with Crippen molar-refractivity contribution in [3.63, 3.8) is 0 Å². The Kier molecular flexibility index (Phi) is 5.80. The van der Waals surface area contributed by atoms with E-state index in [1.165, 1.54) is 6.20 Å². The van der Waals surface area contributed by atoms with Crippen molar-refractivity contribution < 1.29 is 14.6 Å². The van der Waals surface area contributed by atoms with Gasteiger partial charge in [0.25, 0.3) is 0 Å². The summed E-state index contributed by atoms with van der Waals surface area (Å²) in [6.45, 7) is 5.76. The molecular formula is C18H21ClN2O3. The lowest BCUT2D eigenvalue weighted by Crippen LogP contribution is -2.24. The molecule has 0 saturated carbocycles. The Balaban J connectivity index is 2.03. The molecule has 0 bridgehead atoms. The smallest absolute Gasteiger partial charge is 0.227 e. The van der Waals surface area contributed by atoms with Gasteiger partial charge >= 0.3 is 0 Å². The summed E-state index contributed by atoms with van der Waals surface area (Å²) in [5.41, 5.74) is 0.705. The van der Waals surface area contributed by atoms with Gasteiger partial charge in [-0.3, -0.25) is 9.78 Å². The molecule has 1 heterocycles. The third kappa shape index (κ3) is 5.51. The maximum absolute atomic E-state index is 12.2. The Morgan fingerprint density at radius 1 is 1.29 bits per heavy atom. The van der Waals surface area contributed by atoms with Crippen molar-refractivity contribution in [2.24, 2.45) is 0 Å². The summed E-state index contributed by atoms with van der Waals surface area (Å²) in [6.07, 6.45) is 2.13. The molecule has 0 radical (unpaired) electrons. The van der Waals surface area contributed by atoms with Gasteiger partial charge in [-0.1, -0.05) is 23.7 Å². The van der Waals surface area contributed by atoms with Crippen molar-refractivity contribution in [1.29, 1.82) is 0 Å². The molecule has 5 nitrogen and oxygen atoms in total. The van der Waals surface area contributed by atoms with Gasteiger partial charge in [0.2, 0.25) is 5.91 Å². The predicted molar refractivity (Wildman–Crippen MR) is 94.3 cm³/mol. The number of aliphatic hydroxyl groups excluding tert-OH is 1. The number of rotatable bonds is 5. The standard InChI is InChI=1S/C18H21ClN2O3/c1-18(2,3)24-16-8-9-20-11-14(16)21-17(23)10-15(22)12-4-6-13(19)7-5-12/h4-9,11,15,22H,10H2,1-3H3,(H,21,23). The van der Waals surface area contributed by atoms with Crippen LogP contribution in [0, 0.1) is 0 Å². The van der Waals surface area contributed by atoms with Gasteiger partial charge in [0.05, 0.1) is 18.7 Å². The number of hydrogen-bond acceptors (Lipinski definition) is 4. The monoisotopic (exact) mass is 348 g/mol. The SMILES string of the molecule is CC(C)(C)Oc1ccncc1NC(=O)CC(O)c1ccc(Cl)cc1. The number of benzene rings is 1. The van der Waals surface area contributed by atoms with Crippen molar-refractivity contribution >= 4 is 23.2 Å². The third-order valence-corrected chi connectivity index (χ3v) is 3.36. The topological polar surface area (TPSA) is 71.5 Å². The second-order valence-corrected chi connectivity index (χ2v) is 6.84. The summed E-state index contributed by atoms with van der Waals surface area (Å²) in [7, 11) is 0. The van der Waals surface area contributed by atoms with Crippen LogP contribution in [-0.2, 0) is 4.79 Å². The molecule has 0 saturated heterocycles. The van der Waals surface area contributed by atoms with E-state index in [0.29, 0.717) is 22.0 Å². The van der Waals surface area contributed by atoms with Gasteiger partial charge in [-0.25, -0.2) is 0 Å². The maximum atomic E-state index is 12.2. The number of aromatic nitrogens is 1. The molecule has 2 rings (SSSR count). The normalized spacial score (nSPS) is 12.5. The van der Waals surface area contributed by atoms with Gasteiger partial charge < -0.3 is 15.2 Å². The molecule has 128 valence electrons. The van der Waals surface area contributed by atoms with Crippen LogP contribution in [0.15, 0.2) is 42.7 Å². The van der Waals surface area contributed by atoms with Gasteiger partial charge in [0, 0.05) is 17.3 Å². The fourth-order valence-electron chi connectivity index (χ4n) is 2.07. The van der Waals surface area contributed by atoms with Crippen LogP contribution in [0.4, 0.5) is 5.69 Å². The highest BCUT2D eigenvalue weighted by molar-refractivity contribution is 6.30. The summed E-state index contributed by atoms with van der Waals surface area (Å²) in [6, 6.07) is 8.43. The number of nitrogens with one attached hydrogen (secondary N) is 1. The molecule has 6 heteroatoms. The summed E-state index contributed by atoms with van der Waals surface area (Å²) < 4.78 is 5.80. The van der Waals surface area contributed by atoms with Crippen molar-refractivity contribution in [3.8, 4) is 5.75 Å². The quantitative estimate of drug-likeness (QED) is 0.857. The van der Waals surface area contributed by atoms with E-state index in [1.807, 2.05) is 20.8 Å². The molecule has 0 spiro atoms. The highest BCUT2D eigenvalue weighted by Crippen LogP contribution is 2.27. The fraction of sp³-hybridized carbons (Fsp3) is 0.333. The largest absolute Gasteiger partial charge is 0.486 e. The molecule has 0 aliphatic carbocycles. The van der Waals surface area contributed by atoms with Crippen LogP contribution in [0.2, 0.25) is 5.02 Å². The molecule has 24 heavy (non-hydrogen) atoms. The van der Waals surface area contributed by atoms with Crippen LogP contribution in [-0.4, -0.2) is 21.6 Å². The van der Waals surface area contributed by atoms with E-state index in [4.69, 9.17) is 16.3 Å². The van der Waals surface area contributed by atoms with Crippen LogP contribution >= 0.6 is 11.6 Å². The van der Waals surface area contributed by atoms with E-state index in [9.17, 15) is 9.90 Å². The number of anilines is 1.